The van der Waals surface area contributed by atoms with E-state index in [4.69, 9.17) is 5.73 Å². The van der Waals surface area contributed by atoms with Gasteiger partial charge in [0.05, 0.1) is 17.2 Å². The van der Waals surface area contributed by atoms with Crippen molar-refractivity contribution < 1.29 is 0 Å². The molecule has 88 valence electrons. The van der Waals surface area contributed by atoms with Gasteiger partial charge in [-0.15, -0.1) is 0 Å². The van der Waals surface area contributed by atoms with Crippen molar-refractivity contribution in [3.8, 4) is 0 Å². The van der Waals surface area contributed by atoms with E-state index in [2.05, 4.69) is 20.9 Å². The molecule has 2 rings (SSSR count). The van der Waals surface area contributed by atoms with Crippen LogP contribution < -0.4 is 11.3 Å². The van der Waals surface area contributed by atoms with Crippen LogP contribution in [0.5, 0.6) is 0 Å². The molecular formula is C12H12BrN3O. The van der Waals surface area contributed by atoms with Crippen molar-refractivity contribution >= 4 is 26.8 Å². The van der Waals surface area contributed by atoms with Crippen LogP contribution in [0.3, 0.4) is 0 Å². The van der Waals surface area contributed by atoms with Crippen LogP contribution in [-0.2, 0) is 6.54 Å². The first-order valence-electron chi connectivity index (χ1n) is 5.22. The molecule has 0 saturated carbocycles. The molecule has 0 saturated heterocycles. The highest BCUT2D eigenvalue weighted by Crippen LogP contribution is 2.14. The van der Waals surface area contributed by atoms with Gasteiger partial charge in [0.1, 0.15) is 0 Å². The third kappa shape index (κ3) is 2.62. The van der Waals surface area contributed by atoms with Crippen LogP contribution in [0.2, 0.25) is 0 Å². The molecule has 0 bridgehead atoms. The molecule has 0 aliphatic carbocycles. The number of allylic oxidation sites excluding steroid dienone is 1. The molecule has 0 spiro atoms. The van der Waals surface area contributed by atoms with E-state index >= 15 is 0 Å². The summed E-state index contributed by atoms with van der Waals surface area (Å²) in [6.07, 6.45) is 5.23. The topological polar surface area (TPSA) is 60.9 Å². The lowest BCUT2D eigenvalue weighted by molar-refractivity contribution is 0.765. The van der Waals surface area contributed by atoms with E-state index in [0.717, 1.165) is 4.47 Å². The molecule has 0 aliphatic rings. The highest BCUT2D eigenvalue weighted by molar-refractivity contribution is 9.10. The molecule has 2 N–H and O–H groups in total. The minimum atomic E-state index is -0.0435. The quantitative estimate of drug-likeness (QED) is 0.876. The molecule has 17 heavy (non-hydrogen) atoms. The Bertz CT molecular complexity index is 619. The fourth-order valence-electron chi connectivity index (χ4n) is 1.55. The molecule has 0 atom stereocenters. The van der Waals surface area contributed by atoms with Crippen molar-refractivity contribution in [3.05, 3.63) is 51.5 Å². The Morgan fingerprint density at radius 1 is 1.41 bits per heavy atom. The summed E-state index contributed by atoms with van der Waals surface area (Å²) < 4.78 is 2.43. The third-order valence-electron chi connectivity index (χ3n) is 2.39. The van der Waals surface area contributed by atoms with Crippen LogP contribution >= 0.6 is 15.9 Å². The first-order chi connectivity index (χ1) is 8.22. The Morgan fingerprint density at radius 3 is 3.00 bits per heavy atom. The van der Waals surface area contributed by atoms with Crippen molar-refractivity contribution in [2.45, 2.75) is 6.54 Å². The zero-order valence-electron chi connectivity index (χ0n) is 9.14. The number of aromatic nitrogens is 2. The van der Waals surface area contributed by atoms with Gasteiger partial charge in [-0.1, -0.05) is 28.1 Å². The molecule has 0 radical (unpaired) electrons. The van der Waals surface area contributed by atoms with Crippen molar-refractivity contribution in [2.75, 3.05) is 6.54 Å². The Labute approximate surface area is 107 Å². The molecule has 1 heterocycles. The van der Waals surface area contributed by atoms with Gasteiger partial charge in [-0.3, -0.25) is 9.36 Å². The molecule has 0 fully saturated rings. The average Bonchev–Trinajstić information content (AvgIpc) is 2.33. The molecule has 0 unspecified atom stereocenters. The normalized spacial score (nSPS) is 11.4. The number of halogens is 1. The third-order valence-corrected chi connectivity index (χ3v) is 2.88. The second-order valence-electron chi connectivity index (χ2n) is 3.57. The summed E-state index contributed by atoms with van der Waals surface area (Å²) in [5, 5.41) is 0.614. The second kappa shape index (κ2) is 5.25. The second-order valence-corrected chi connectivity index (χ2v) is 4.49. The number of nitrogens with two attached hydrogens (primary N) is 1. The SMILES string of the molecule is NCC=CCn1cnc2ccc(Br)cc2c1=O. The number of hydrogen-bond acceptors (Lipinski definition) is 3. The molecule has 2 aromatic rings. The summed E-state index contributed by atoms with van der Waals surface area (Å²) in [5.74, 6) is 0. The zero-order chi connectivity index (χ0) is 12.3. The van der Waals surface area contributed by atoms with Crippen LogP contribution in [0.1, 0.15) is 0 Å². The summed E-state index contributed by atoms with van der Waals surface area (Å²) in [7, 11) is 0. The summed E-state index contributed by atoms with van der Waals surface area (Å²) in [4.78, 5) is 16.4. The van der Waals surface area contributed by atoms with Gasteiger partial charge in [-0.05, 0) is 18.2 Å². The molecule has 1 aromatic carbocycles. The maximum Gasteiger partial charge on any atom is 0.261 e. The molecule has 0 aliphatic heterocycles. The predicted octanol–water partition coefficient (Wildman–Crippen LogP) is 1.67. The fraction of sp³-hybridized carbons (Fsp3) is 0.167. The van der Waals surface area contributed by atoms with Crippen LogP contribution in [-0.4, -0.2) is 16.1 Å². The Morgan fingerprint density at radius 2 is 2.24 bits per heavy atom. The summed E-state index contributed by atoms with van der Waals surface area (Å²) in [6, 6.07) is 5.47. The Kier molecular flexibility index (Phi) is 3.71. The molecule has 4 nitrogen and oxygen atoms in total. The summed E-state index contributed by atoms with van der Waals surface area (Å²) in [6.45, 7) is 0.965. The van der Waals surface area contributed by atoms with E-state index in [0.29, 0.717) is 24.0 Å². The van der Waals surface area contributed by atoms with Gasteiger partial charge < -0.3 is 5.73 Å². The monoisotopic (exact) mass is 293 g/mol. The van der Waals surface area contributed by atoms with Gasteiger partial charge in [-0.2, -0.15) is 0 Å². The van der Waals surface area contributed by atoms with Crippen molar-refractivity contribution in [2.24, 2.45) is 5.73 Å². The van der Waals surface area contributed by atoms with E-state index in [1.165, 1.54) is 0 Å². The maximum absolute atomic E-state index is 12.1. The first kappa shape index (κ1) is 12.0. The van der Waals surface area contributed by atoms with Crippen molar-refractivity contribution in [1.82, 2.24) is 9.55 Å². The fourth-order valence-corrected chi connectivity index (χ4v) is 1.91. The lowest BCUT2D eigenvalue weighted by Gasteiger charge is -2.03. The van der Waals surface area contributed by atoms with Crippen LogP contribution in [0, 0.1) is 0 Å². The van der Waals surface area contributed by atoms with Gasteiger partial charge in [0.25, 0.3) is 5.56 Å². The van der Waals surface area contributed by atoms with Gasteiger partial charge in [0.2, 0.25) is 0 Å². The lowest BCUT2D eigenvalue weighted by Crippen LogP contribution is -2.20. The molecular weight excluding hydrogens is 282 g/mol. The minimum absolute atomic E-state index is 0.0435. The first-order valence-corrected chi connectivity index (χ1v) is 6.01. The zero-order valence-corrected chi connectivity index (χ0v) is 10.7. The van der Waals surface area contributed by atoms with Crippen LogP contribution in [0.15, 0.2) is 45.9 Å². The van der Waals surface area contributed by atoms with Gasteiger partial charge in [0.15, 0.2) is 0 Å². The summed E-state index contributed by atoms with van der Waals surface area (Å²) in [5.41, 5.74) is 6.01. The smallest absolute Gasteiger partial charge is 0.261 e. The number of nitrogens with zero attached hydrogens (tertiary/aromatic N) is 2. The molecule has 5 heteroatoms. The van der Waals surface area contributed by atoms with E-state index in [9.17, 15) is 4.79 Å². The maximum atomic E-state index is 12.1. The van der Waals surface area contributed by atoms with E-state index in [1.807, 2.05) is 24.3 Å². The van der Waals surface area contributed by atoms with Gasteiger partial charge in [-0.25, -0.2) is 4.98 Å². The highest BCUT2D eigenvalue weighted by Gasteiger charge is 2.03. The largest absolute Gasteiger partial charge is 0.327 e. The van der Waals surface area contributed by atoms with E-state index in [1.54, 1.807) is 17.0 Å². The summed E-state index contributed by atoms with van der Waals surface area (Å²) >= 11 is 3.35. The highest BCUT2D eigenvalue weighted by atomic mass is 79.9. The number of fused-ring (bicyclic) bond motifs is 1. The molecule has 0 amide bonds. The Balaban J connectivity index is 2.49. The number of hydrogen-bond donors (Lipinski definition) is 1. The van der Waals surface area contributed by atoms with Gasteiger partial charge >= 0.3 is 0 Å². The number of benzene rings is 1. The predicted molar refractivity (Wildman–Crippen MR) is 71.9 cm³/mol. The minimum Gasteiger partial charge on any atom is -0.327 e. The number of rotatable bonds is 3. The lowest BCUT2D eigenvalue weighted by atomic mass is 10.2. The Hall–Kier alpha value is -1.46. The van der Waals surface area contributed by atoms with Gasteiger partial charge in [0, 0.05) is 17.6 Å². The van der Waals surface area contributed by atoms with Crippen molar-refractivity contribution in [3.63, 3.8) is 0 Å². The molecule has 1 aromatic heterocycles. The average molecular weight is 294 g/mol. The van der Waals surface area contributed by atoms with Crippen molar-refractivity contribution in [1.29, 1.82) is 0 Å². The van der Waals surface area contributed by atoms with Crippen LogP contribution in [0.4, 0.5) is 0 Å². The standard InChI is InChI=1S/C12H12BrN3O/c13-9-3-4-11-10(7-9)12(17)16(8-15-11)6-2-1-5-14/h1-4,7-8H,5-6,14H2. The van der Waals surface area contributed by atoms with Crippen LogP contribution in [0.25, 0.3) is 10.9 Å². The van der Waals surface area contributed by atoms with E-state index < -0.39 is 0 Å². The van der Waals surface area contributed by atoms with E-state index in [-0.39, 0.29) is 5.56 Å².